The Labute approximate surface area is 136 Å². The fraction of sp³-hybridized carbons (Fsp3) is 0.571. The fourth-order valence-electron chi connectivity index (χ4n) is 2.27. The lowest BCUT2D eigenvalue weighted by Gasteiger charge is -2.29. The molecular formula is C14H13F9O2. The molecule has 1 N–H and O–H groups in total. The van der Waals surface area contributed by atoms with E-state index in [1.165, 1.54) is 0 Å². The summed E-state index contributed by atoms with van der Waals surface area (Å²) in [5, 5.41) is 9.92. The highest BCUT2D eigenvalue weighted by Gasteiger charge is 2.46. The molecule has 0 aliphatic heterocycles. The number of aliphatic hydroxyl groups excluding tert-OH is 1. The van der Waals surface area contributed by atoms with Crippen molar-refractivity contribution in [3.05, 3.63) is 34.9 Å². The summed E-state index contributed by atoms with van der Waals surface area (Å²) in [6.07, 6.45) is -20.2. The highest BCUT2D eigenvalue weighted by molar-refractivity contribution is 5.35. The van der Waals surface area contributed by atoms with Crippen molar-refractivity contribution < 1.29 is 49.4 Å². The number of hydrogen-bond acceptors (Lipinski definition) is 2. The lowest BCUT2D eigenvalue weighted by molar-refractivity contribution is -0.236. The van der Waals surface area contributed by atoms with Crippen molar-refractivity contribution in [1.82, 2.24) is 0 Å². The number of hydrogen-bond donors (Lipinski definition) is 1. The molecule has 1 rings (SSSR count). The molecule has 1 aromatic rings. The number of methoxy groups -OCH3 is 1. The Hall–Kier alpha value is -1.49. The molecule has 1 aromatic carbocycles. The molecule has 144 valence electrons. The molecule has 0 bridgehead atoms. The highest BCUT2D eigenvalue weighted by Crippen LogP contribution is 2.40. The summed E-state index contributed by atoms with van der Waals surface area (Å²) in [7, 11) is 0.661. The Balaban J connectivity index is 3.40. The van der Waals surface area contributed by atoms with Crippen LogP contribution >= 0.6 is 0 Å². The molecule has 0 spiro atoms. The second-order valence-electron chi connectivity index (χ2n) is 5.34. The van der Waals surface area contributed by atoms with Gasteiger partial charge in [-0.05, 0) is 23.8 Å². The maximum Gasteiger partial charge on any atom is 0.416 e. The summed E-state index contributed by atoms with van der Waals surface area (Å²) in [4.78, 5) is 0. The van der Waals surface area contributed by atoms with E-state index < -0.39 is 53.3 Å². The Kier molecular flexibility index (Phi) is 6.05. The van der Waals surface area contributed by atoms with Crippen LogP contribution < -0.4 is 0 Å². The zero-order chi connectivity index (χ0) is 19.8. The molecule has 0 aliphatic rings. The first-order chi connectivity index (χ1) is 11.1. The minimum absolute atomic E-state index is 0.180. The largest absolute Gasteiger partial charge is 0.416 e. The molecule has 0 heterocycles. The predicted molar refractivity (Wildman–Crippen MR) is 67.4 cm³/mol. The molecule has 3 unspecified atom stereocenters. The molecule has 0 saturated carbocycles. The van der Waals surface area contributed by atoms with Gasteiger partial charge in [0.25, 0.3) is 0 Å². The summed E-state index contributed by atoms with van der Waals surface area (Å²) in [5.41, 5.74) is -4.41. The molecule has 11 heteroatoms. The van der Waals surface area contributed by atoms with E-state index in [1.807, 2.05) is 0 Å². The third-order valence-electron chi connectivity index (χ3n) is 3.50. The fourth-order valence-corrected chi connectivity index (χ4v) is 2.27. The number of rotatable bonds is 4. The van der Waals surface area contributed by atoms with Crippen LogP contribution in [0.1, 0.15) is 29.7 Å². The van der Waals surface area contributed by atoms with Crippen LogP contribution in [0, 0.1) is 5.92 Å². The number of aliphatic hydroxyl groups is 1. The van der Waals surface area contributed by atoms with Crippen LogP contribution in [0.3, 0.4) is 0 Å². The maximum atomic E-state index is 12.8. The van der Waals surface area contributed by atoms with Gasteiger partial charge in [0.05, 0.1) is 17.2 Å². The van der Waals surface area contributed by atoms with Crippen LogP contribution in [0.4, 0.5) is 39.5 Å². The molecule has 0 amide bonds. The number of halogens is 9. The van der Waals surface area contributed by atoms with Crippen LogP contribution in [-0.2, 0) is 17.1 Å². The van der Waals surface area contributed by atoms with E-state index in [9.17, 15) is 44.6 Å². The molecule has 3 atom stereocenters. The minimum Gasteiger partial charge on any atom is -0.388 e. The van der Waals surface area contributed by atoms with Gasteiger partial charge in [0.1, 0.15) is 0 Å². The Morgan fingerprint density at radius 2 is 1.24 bits per heavy atom. The van der Waals surface area contributed by atoms with Gasteiger partial charge in [-0.2, -0.15) is 39.5 Å². The molecule has 0 saturated heterocycles. The van der Waals surface area contributed by atoms with Crippen molar-refractivity contribution in [2.24, 2.45) is 5.92 Å². The monoisotopic (exact) mass is 384 g/mol. The van der Waals surface area contributed by atoms with Gasteiger partial charge in [-0.3, -0.25) is 0 Å². The number of benzene rings is 1. The van der Waals surface area contributed by atoms with Crippen molar-refractivity contribution in [3.63, 3.8) is 0 Å². The standard InChI is InChI=1S/C14H13F9O2/c1-6(11(25-2)14(21,22)23)10(24)7-3-8(12(15,16)17)5-9(4-7)13(18,19)20/h3-6,10-11,24H,1-2H3. The zero-order valence-corrected chi connectivity index (χ0v) is 12.7. The number of ether oxygens (including phenoxy) is 1. The Morgan fingerprint density at radius 3 is 1.52 bits per heavy atom. The van der Waals surface area contributed by atoms with Gasteiger partial charge < -0.3 is 9.84 Å². The first-order valence-electron chi connectivity index (χ1n) is 6.66. The first kappa shape index (κ1) is 21.6. The number of alkyl halides is 9. The average molecular weight is 384 g/mol. The van der Waals surface area contributed by atoms with Gasteiger partial charge in [-0.1, -0.05) is 6.92 Å². The molecule has 2 nitrogen and oxygen atoms in total. The summed E-state index contributed by atoms with van der Waals surface area (Å²) in [6, 6.07) is 0.178. The molecule has 0 radical (unpaired) electrons. The Morgan fingerprint density at radius 1 is 0.840 bits per heavy atom. The zero-order valence-electron chi connectivity index (χ0n) is 12.7. The van der Waals surface area contributed by atoms with Crippen molar-refractivity contribution in [2.75, 3.05) is 7.11 Å². The first-order valence-corrected chi connectivity index (χ1v) is 6.66. The van der Waals surface area contributed by atoms with Crippen LogP contribution in [0.5, 0.6) is 0 Å². The van der Waals surface area contributed by atoms with Crippen molar-refractivity contribution in [2.45, 2.75) is 37.7 Å². The lowest BCUT2D eigenvalue weighted by Crippen LogP contribution is -2.39. The van der Waals surface area contributed by atoms with E-state index in [4.69, 9.17) is 0 Å². The molecule has 0 aliphatic carbocycles. The van der Waals surface area contributed by atoms with Crippen molar-refractivity contribution in [1.29, 1.82) is 0 Å². The molecule has 0 aromatic heterocycles. The van der Waals surface area contributed by atoms with Gasteiger partial charge in [0, 0.05) is 13.0 Å². The van der Waals surface area contributed by atoms with Gasteiger partial charge in [-0.15, -0.1) is 0 Å². The van der Waals surface area contributed by atoms with Gasteiger partial charge in [0.2, 0.25) is 0 Å². The minimum atomic E-state index is -5.18. The normalized spacial score (nSPS) is 17.3. The van der Waals surface area contributed by atoms with Crippen LogP contribution in [0.15, 0.2) is 18.2 Å². The summed E-state index contributed by atoms with van der Waals surface area (Å²) >= 11 is 0. The van der Waals surface area contributed by atoms with E-state index in [0.29, 0.717) is 7.11 Å². The second kappa shape index (κ2) is 7.02. The summed E-state index contributed by atoms with van der Waals surface area (Å²) < 4.78 is 119. The van der Waals surface area contributed by atoms with Crippen LogP contribution in [-0.4, -0.2) is 24.5 Å². The van der Waals surface area contributed by atoms with E-state index in [1.54, 1.807) is 0 Å². The maximum absolute atomic E-state index is 12.8. The van der Waals surface area contributed by atoms with Gasteiger partial charge in [0.15, 0.2) is 6.10 Å². The molecule has 25 heavy (non-hydrogen) atoms. The van der Waals surface area contributed by atoms with Crippen LogP contribution in [0.25, 0.3) is 0 Å². The second-order valence-corrected chi connectivity index (χ2v) is 5.34. The molecular weight excluding hydrogens is 371 g/mol. The van der Waals surface area contributed by atoms with E-state index >= 15 is 0 Å². The third-order valence-corrected chi connectivity index (χ3v) is 3.50. The van der Waals surface area contributed by atoms with Crippen molar-refractivity contribution in [3.8, 4) is 0 Å². The third kappa shape index (κ3) is 5.24. The predicted octanol–water partition coefficient (Wildman–Crippen LogP) is 4.97. The van der Waals surface area contributed by atoms with Gasteiger partial charge in [-0.25, -0.2) is 0 Å². The Bertz CT molecular complexity index is 557. The topological polar surface area (TPSA) is 29.5 Å². The van der Waals surface area contributed by atoms with E-state index in [0.717, 1.165) is 6.92 Å². The van der Waals surface area contributed by atoms with Gasteiger partial charge >= 0.3 is 18.5 Å². The SMILES string of the molecule is COC(C(C)C(O)c1cc(C(F)(F)F)cc(C(F)(F)F)c1)C(F)(F)F. The van der Waals surface area contributed by atoms with E-state index in [-0.39, 0.29) is 18.2 Å². The smallest absolute Gasteiger partial charge is 0.388 e. The van der Waals surface area contributed by atoms with Crippen molar-refractivity contribution >= 4 is 0 Å². The average Bonchev–Trinajstić information content (AvgIpc) is 2.43. The van der Waals surface area contributed by atoms with Crippen LogP contribution in [0.2, 0.25) is 0 Å². The summed E-state index contributed by atoms with van der Waals surface area (Å²) in [5.74, 6) is -1.85. The highest BCUT2D eigenvalue weighted by atomic mass is 19.4. The summed E-state index contributed by atoms with van der Waals surface area (Å²) in [6.45, 7) is 0.805. The molecule has 0 fully saturated rings. The van der Waals surface area contributed by atoms with E-state index in [2.05, 4.69) is 4.74 Å². The lowest BCUT2D eigenvalue weighted by atomic mass is 9.90. The quantitative estimate of drug-likeness (QED) is 0.743.